The molecule has 4 aromatic carbocycles. The highest BCUT2D eigenvalue weighted by molar-refractivity contribution is 5.90. The monoisotopic (exact) mass is 1090 g/mol. The van der Waals surface area contributed by atoms with E-state index in [1.807, 2.05) is 91.1 Å². The summed E-state index contributed by atoms with van der Waals surface area (Å²) in [7, 11) is 1.63. The molecular formula is C70H95N3O7. The van der Waals surface area contributed by atoms with Crippen molar-refractivity contribution in [2.24, 2.45) is 61.6 Å². The quantitative estimate of drug-likeness (QED) is 0.0162. The summed E-state index contributed by atoms with van der Waals surface area (Å²) in [5.41, 5.74) is 6.15. The number of azo groups is 1. The largest absolute Gasteiger partial charge is 0.497 e. The van der Waals surface area contributed by atoms with Gasteiger partial charge in [-0.15, -0.1) is 0 Å². The molecule has 80 heavy (non-hydrogen) atoms. The lowest BCUT2D eigenvalue weighted by Gasteiger charge is -2.58. The molecule has 10 heteroatoms. The zero-order valence-corrected chi connectivity index (χ0v) is 49.5. The van der Waals surface area contributed by atoms with E-state index in [0.29, 0.717) is 42.6 Å². The molecule has 8 atom stereocenters. The van der Waals surface area contributed by atoms with Crippen LogP contribution in [0.2, 0.25) is 0 Å². The minimum atomic E-state index is -0.338. The fourth-order valence-corrected chi connectivity index (χ4v) is 14.3. The van der Waals surface area contributed by atoms with E-state index in [9.17, 15) is 9.59 Å². The van der Waals surface area contributed by atoms with Crippen LogP contribution in [0.4, 0.5) is 17.1 Å². The van der Waals surface area contributed by atoms with Gasteiger partial charge in [0.2, 0.25) is 0 Å². The lowest BCUT2D eigenvalue weighted by atomic mass is 9.47. The summed E-state index contributed by atoms with van der Waals surface area (Å²) in [4.78, 5) is 30.3. The molecule has 0 radical (unpaired) electrons. The van der Waals surface area contributed by atoms with Crippen LogP contribution in [0.25, 0.3) is 0 Å². The molecule has 0 bridgehead atoms. The Morgan fingerprint density at radius 3 is 1.85 bits per heavy atom. The Bertz CT molecular complexity index is 2610. The number of carbonyl (C=O) groups is 2. The van der Waals surface area contributed by atoms with Gasteiger partial charge < -0.3 is 23.7 Å². The summed E-state index contributed by atoms with van der Waals surface area (Å²) in [6.07, 6.45) is 30.9. The molecule has 0 N–H and O–H groups in total. The van der Waals surface area contributed by atoms with Crippen molar-refractivity contribution in [1.82, 2.24) is 0 Å². The third kappa shape index (κ3) is 17.1. The van der Waals surface area contributed by atoms with Gasteiger partial charge in [-0.1, -0.05) is 104 Å². The molecule has 0 saturated heterocycles. The number of unbranched alkanes of at least 4 members (excludes halogenated alkanes) is 9. The van der Waals surface area contributed by atoms with E-state index in [-0.39, 0.29) is 18.0 Å². The number of hydrogen-bond acceptors (Lipinski definition) is 10. The second-order valence-electron chi connectivity index (χ2n) is 24.9. The molecule has 432 valence electrons. The number of allylic oxidation sites excluding steroid dienone is 1. The number of hydrogen-bond donors (Lipinski definition) is 0. The number of nitrogens with zero attached hydrogens (tertiary/aromatic N) is 3. The maximum atomic E-state index is 13.0. The number of carbonyl (C=O) groups excluding carboxylic acids is 2. The first-order chi connectivity index (χ1) is 38.9. The van der Waals surface area contributed by atoms with Gasteiger partial charge in [0.1, 0.15) is 23.4 Å². The average molecular weight is 1090 g/mol. The zero-order chi connectivity index (χ0) is 56.2. The number of aliphatic imine (C=N–C) groups is 1. The molecular weight excluding hydrogens is 995 g/mol. The van der Waals surface area contributed by atoms with Crippen molar-refractivity contribution in [3.8, 4) is 17.2 Å². The molecule has 3 saturated carbocycles. The van der Waals surface area contributed by atoms with Crippen molar-refractivity contribution in [2.75, 3.05) is 26.9 Å². The third-order valence-corrected chi connectivity index (χ3v) is 18.9. The number of ether oxygens (including phenoxy) is 5. The van der Waals surface area contributed by atoms with Crippen LogP contribution in [0.15, 0.2) is 124 Å². The Morgan fingerprint density at radius 2 is 1.20 bits per heavy atom. The first kappa shape index (κ1) is 60.3. The highest BCUT2D eigenvalue weighted by Crippen LogP contribution is 2.67. The lowest BCUT2D eigenvalue weighted by molar-refractivity contribution is -0.151. The number of rotatable bonds is 31. The third-order valence-electron chi connectivity index (χ3n) is 18.9. The molecule has 4 aliphatic carbocycles. The molecule has 10 nitrogen and oxygen atoms in total. The van der Waals surface area contributed by atoms with Crippen LogP contribution < -0.4 is 14.2 Å². The standard InChI is InChI=1S/C70H95N3O7/c1-51(2)19-18-20-52(3)64-40-41-65-63-39-26-55-49-62(42-44-69(55,4)66(63)43-45-70(64,65)5)80-67(74)21-14-11-9-7-8-10-12-15-46-77-60-33-22-53(23-34-60)50-71-56-27-24-54(25-28-56)68(75)79-48-17-13-16-47-78-61-37-31-58(32-38-61)73-72-57-29-35-59(76-6)36-30-57/h22-38,50-52,62-66H,7-21,39-49H2,1-6H3/t52-,62+,63+,64-,65+,66+,69+,70-/m1/s1. The van der Waals surface area contributed by atoms with Crippen molar-refractivity contribution in [3.05, 3.63) is 120 Å². The van der Waals surface area contributed by atoms with Gasteiger partial charge in [-0.25, -0.2) is 4.79 Å². The summed E-state index contributed by atoms with van der Waals surface area (Å²) in [5, 5.41) is 8.54. The van der Waals surface area contributed by atoms with Crippen molar-refractivity contribution in [2.45, 2.75) is 188 Å². The minimum Gasteiger partial charge on any atom is -0.497 e. The van der Waals surface area contributed by atoms with Crippen LogP contribution in [0.3, 0.4) is 0 Å². The summed E-state index contributed by atoms with van der Waals surface area (Å²) in [6.45, 7) is 14.2. The maximum absolute atomic E-state index is 13.0. The molecule has 0 aliphatic heterocycles. The molecule has 0 unspecified atom stereocenters. The van der Waals surface area contributed by atoms with E-state index in [2.05, 4.69) is 55.9 Å². The van der Waals surface area contributed by atoms with E-state index < -0.39 is 0 Å². The first-order valence-electron chi connectivity index (χ1n) is 31.1. The Kier molecular flexibility index (Phi) is 22.9. The van der Waals surface area contributed by atoms with E-state index in [0.717, 1.165) is 133 Å². The molecule has 0 amide bonds. The van der Waals surface area contributed by atoms with Crippen molar-refractivity contribution < 1.29 is 33.3 Å². The number of esters is 2. The van der Waals surface area contributed by atoms with E-state index in [1.54, 1.807) is 24.8 Å². The smallest absolute Gasteiger partial charge is 0.338 e. The molecule has 4 aromatic rings. The minimum absolute atomic E-state index is 0.0149. The van der Waals surface area contributed by atoms with Gasteiger partial charge in [-0.2, -0.15) is 10.2 Å². The summed E-state index contributed by atoms with van der Waals surface area (Å²) >= 11 is 0. The van der Waals surface area contributed by atoms with Crippen molar-refractivity contribution >= 4 is 35.2 Å². The molecule has 0 spiro atoms. The van der Waals surface area contributed by atoms with E-state index in [1.165, 1.54) is 83.5 Å². The van der Waals surface area contributed by atoms with Gasteiger partial charge in [-0.05, 0) is 226 Å². The fraction of sp³-hybridized carbons (Fsp3) is 0.586. The molecule has 4 aliphatic rings. The van der Waals surface area contributed by atoms with Crippen molar-refractivity contribution in [1.29, 1.82) is 0 Å². The predicted octanol–water partition coefficient (Wildman–Crippen LogP) is 19.1. The van der Waals surface area contributed by atoms with Gasteiger partial charge >= 0.3 is 11.9 Å². The van der Waals surface area contributed by atoms with Gasteiger partial charge in [0.25, 0.3) is 0 Å². The first-order valence-corrected chi connectivity index (χ1v) is 31.1. The van der Waals surface area contributed by atoms with Crippen LogP contribution in [-0.2, 0) is 14.3 Å². The molecule has 3 fully saturated rings. The second kappa shape index (κ2) is 30.3. The van der Waals surface area contributed by atoms with Crippen LogP contribution in [0.1, 0.15) is 198 Å². The predicted molar refractivity (Wildman–Crippen MR) is 323 cm³/mol. The highest BCUT2D eigenvalue weighted by Gasteiger charge is 2.59. The van der Waals surface area contributed by atoms with E-state index >= 15 is 0 Å². The Hall–Kier alpha value is -5.77. The Balaban J connectivity index is 0.610. The lowest BCUT2D eigenvalue weighted by Crippen LogP contribution is -2.51. The fourth-order valence-electron chi connectivity index (χ4n) is 14.3. The van der Waals surface area contributed by atoms with E-state index in [4.69, 9.17) is 23.7 Å². The maximum Gasteiger partial charge on any atom is 0.338 e. The molecule has 8 rings (SSSR count). The SMILES string of the molecule is COc1ccc(N=Nc2ccc(OCCCCCOC(=O)c3ccc(N=Cc4ccc(OCCCCCCCCCCC(=O)O[C@H]5CC[C@@]6(C)C(=CC[C@H]7[C@@H]8CC[C@H]([C@H](C)CCCC(C)C)[C@@]8(C)CC[C@@H]76)C5)cc4)cc3)cc2)cc1. The summed E-state index contributed by atoms with van der Waals surface area (Å²) in [5.74, 6) is 7.18. The van der Waals surface area contributed by atoms with Crippen LogP contribution in [0, 0.1) is 46.3 Å². The van der Waals surface area contributed by atoms with Gasteiger partial charge in [0.05, 0.1) is 49.6 Å². The summed E-state index contributed by atoms with van der Waals surface area (Å²) in [6, 6.07) is 30.1. The van der Waals surface area contributed by atoms with Crippen LogP contribution >= 0.6 is 0 Å². The summed E-state index contributed by atoms with van der Waals surface area (Å²) < 4.78 is 28.8. The number of fused-ring (bicyclic) bond motifs is 5. The highest BCUT2D eigenvalue weighted by atomic mass is 16.5. The van der Waals surface area contributed by atoms with Crippen LogP contribution in [0.5, 0.6) is 17.2 Å². The van der Waals surface area contributed by atoms with Gasteiger partial charge in [0, 0.05) is 19.1 Å². The second-order valence-corrected chi connectivity index (χ2v) is 24.9. The van der Waals surface area contributed by atoms with Gasteiger partial charge in [0.15, 0.2) is 0 Å². The normalized spacial score (nSPS) is 23.7. The number of methoxy groups -OCH3 is 1. The Labute approximate surface area is 480 Å². The topological polar surface area (TPSA) is 117 Å². The Morgan fingerprint density at radius 1 is 0.613 bits per heavy atom. The van der Waals surface area contributed by atoms with Gasteiger partial charge in [-0.3, -0.25) is 9.79 Å². The molecule has 0 heterocycles. The van der Waals surface area contributed by atoms with Crippen LogP contribution in [-0.4, -0.2) is 51.2 Å². The average Bonchev–Trinajstić information content (AvgIpc) is 3.89. The zero-order valence-electron chi connectivity index (χ0n) is 49.5. The van der Waals surface area contributed by atoms with Crippen molar-refractivity contribution in [3.63, 3.8) is 0 Å². The number of benzene rings is 4. The molecule has 0 aromatic heterocycles.